The number of para-hydroxylation sites is 2. The normalized spacial score (nSPS) is 10.6. The zero-order valence-corrected chi connectivity index (χ0v) is 21.3. The molecule has 4 heterocycles. The van der Waals surface area contributed by atoms with Crippen molar-refractivity contribution in [1.29, 1.82) is 0 Å². The lowest BCUT2D eigenvalue weighted by molar-refractivity contribution is 1.08. The van der Waals surface area contributed by atoms with Crippen LogP contribution in [0.1, 0.15) is 7.43 Å². The van der Waals surface area contributed by atoms with Crippen molar-refractivity contribution < 1.29 is 0 Å². The second kappa shape index (κ2) is 10.6. The molecule has 2 aromatic carbocycles. The lowest BCUT2D eigenvalue weighted by Gasteiger charge is -2.04. The molecule has 0 saturated heterocycles. The van der Waals surface area contributed by atoms with E-state index in [9.17, 15) is 4.79 Å². The molecule has 10 heteroatoms. The Bertz CT molecular complexity index is 1660. The molecule has 0 aliphatic rings. The van der Waals surface area contributed by atoms with Gasteiger partial charge in [-0.15, -0.1) is 0 Å². The van der Waals surface area contributed by atoms with Gasteiger partial charge in [-0.3, -0.25) is 4.79 Å². The van der Waals surface area contributed by atoms with Crippen LogP contribution in [0.2, 0.25) is 5.15 Å². The summed E-state index contributed by atoms with van der Waals surface area (Å²) in [6.45, 7) is 0. The molecule has 1 N–H and O–H groups in total. The molecular formula is C25H19Br2ClN6O. The maximum atomic E-state index is 11.8. The zero-order valence-electron chi connectivity index (χ0n) is 17.4. The van der Waals surface area contributed by atoms with Gasteiger partial charge in [0.1, 0.15) is 28.4 Å². The molecule has 6 rings (SSSR count). The lowest BCUT2D eigenvalue weighted by Crippen LogP contribution is -2.09. The van der Waals surface area contributed by atoms with Crippen molar-refractivity contribution in [3.63, 3.8) is 0 Å². The monoisotopic (exact) mass is 612 g/mol. The first-order valence-corrected chi connectivity index (χ1v) is 12.0. The molecule has 0 amide bonds. The molecule has 0 saturated carbocycles. The predicted octanol–water partition coefficient (Wildman–Crippen LogP) is 6.95. The van der Waals surface area contributed by atoms with E-state index in [4.69, 9.17) is 11.6 Å². The van der Waals surface area contributed by atoms with E-state index in [1.807, 2.05) is 82.2 Å². The van der Waals surface area contributed by atoms with Crippen LogP contribution in [0.15, 0.2) is 99.5 Å². The fourth-order valence-corrected chi connectivity index (χ4v) is 4.81. The van der Waals surface area contributed by atoms with Crippen LogP contribution in [-0.4, -0.2) is 29.1 Å². The molecule has 0 radical (unpaired) electrons. The quantitative estimate of drug-likeness (QED) is 0.214. The summed E-state index contributed by atoms with van der Waals surface area (Å²) in [5.41, 5.74) is 4.65. The number of halogens is 3. The summed E-state index contributed by atoms with van der Waals surface area (Å²) in [6.07, 6.45) is 6.66. The van der Waals surface area contributed by atoms with E-state index in [1.54, 1.807) is 0 Å². The smallest absolute Gasteiger partial charge is 0.275 e. The summed E-state index contributed by atoms with van der Waals surface area (Å²) in [7, 11) is 0. The number of aromatic nitrogens is 6. The van der Waals surface area contributed by atoms with Crippen molar-refractivity contribution in [2.45, 2.75) is 7.43 Å². The van der Waals surface area contributed by atoms with Gasteiger partial charge in [-0.25, -0.2) is 15.0 Å². The molecule has 0 unspecified atom stereocenters. The van der Waals surface area contributed by atoms with E-state index in [2.05, 4.69) is 51.8 Å². The van der Waals surface area contributed by atoms with Gasteiger partial charge in [-0.1, -0.05) is 55.4 Å². The van der Waals surface area contributed by atoms with Crippen LogP contribution in [0.25, 0.3) is 33.4 Å². The molecule has 6 aromatic rings. The van der Waals surface area contributed by atoms with E-state index in [0.29, 0.717) is 16.2 Å². The zero-order chi connectivity index (χ0) is 23.7. The number of H-pyrrole nitrogens is 1. The van der Waals surface area contributed by atoms with Crippen LogP contribution in [-0.2, 0) is 0 Å². The second-order valence-corrected chi connectivity index (χ2v) is 9.22. The average Bonchev–Trinajstić information content (AvgIpc) is 3.40. The Labute approximate surface area is 222 Å². The Morgan fingerprint density at radius 2 is 1.26 bits per heavy atom. The Morgan fingerprint density at radius 1 is 0.743 bits per heavy atom. The second-order valence-electron chi connectivity index (χ2n) is 7.16. The van der Waals surface area contributed by atoms with E-state index in [0.717, 1.165) is 31.4 Å². The van der Waals surface area contributed by atoms with Gasteiger partial charge in [0.05, 0.1) is 15.3 Å². The van der Waals surface area contributed by atoms with Gasteiger partial charge in [0.25, 0.3) is 5.56 Å². The molecule has 0 aliphatic carbocycles. The van der Waals surface area contributed by atoms with Gasteiger partial charge in [-0.2, -0.15) is 0 Å². The van der Waals surface area contributed by atoms with Gasteiger partial charge in [-0.05, 0) is 56.1 Å². The molecule has 176 valence electrons. The number of hydrogen-bond donors (Lipinski definition) is 1. The van der Waals surface area contributed by atoms with Crippen molar-refractivity contribution in [3.8, 4) is 11.4 Å². The minimum Gasteiger partial charge on any atom is -0.311 e. The van der Waals surface area contributed by atoms with Crippen LogP contribution in [0.4, 0.5) is 0 Å². The van der Waals surface area contributed by atoms with Crippen molar-refractivity contribution in [3.05, 3.63) is 110 Å². The van der Waals surface area contributed by atoms with Crippen LogP contribution in [0.5, 0.6) is 0 Å². The third-order valence-electron chi connectivity index (χ3n) is 5.09. The Kier molecular flexibility index (Phi) is 7.49. The van der Waals surface area contributed by atoms with Crippen molar-refractivity contribution in [2.75, 3.05) is 0 Å². The highest BCUT2D eigenvalue weighted by Gasteiger charge is 2.13. The molecule has 0 aliphatic heterocycles. The summed E-state index contributed by atoms with van der Waals surface area (Å²) in [5, 5.41) is 0.449. The minimum absolute atomic E-state index is 0. The molecule has 4 aromatic heterocycles. The van der Waals surface area contributed by atoms with E-state index < -0.39 is 0 Å². The first-order valence-electron chi connectivity index (χ1n) is 10.1. The predicted molar refractivity (Wildman–Crippen MR) is 148 cm³/mol. The third kappa shape index (κ3) is 4.80. The molecule has 0 fully saturated rings. The fraction of sp³-hybridized carbons (Fsp3) is 0.0400. The first kappa shape index (κ1) is 24.8. The lowest BCUT2D eigenvalue weighted by atomic mass is 10.3. The molecule has 0 bridgehead atoms. The van der Waals surface area contributed by atoms with Gasteiger partial charge in [0.15, 0.2) is 5.15 Å². The standard InChI is InChI=1S/C12H7BrClN3.C12H8BrN3O.CH4/c13-9-6-17(8-4-2-1-3-5-8)11-10(9)15-7-16-12(11)14;13-9-6-16(8-4-2-1-3-5-8)11-10(9)14-7-15-12(11)17;/h1-7H;1-7H,(H,14,15,17);1H4. The van der Waals surface area contributed by atoms with Crippen LogP contribution >= 0.6 is 43.5 Å². The highest BCUT2D eigenvalue weighted by molar-refractivity contribution is 9.11. The molecule has 0 atom stereocenters. The first-order chi connectivity index (χ1) is 16.5. The average molecular weight is 615 g/mol. The highest BCUT2D eigenvalue weighted by atomic mass is 79.9. The van der Waals surface area contributed by atoms with Crippen molar-refractivity contribution >= 4 is 65.5 Å². The summed E-state index contributed by atoms with van der Waals surface area (Å²) in [6, 6.07) is 19.6. The maximum absolute atomic E-state index is 11.8. The number of benzene rings is 2. The van der Waals surface area contributed by atoms with Gasteiger partial charge in [0.2, 0.25) is 0 Å². The van der Waals surface area contributed by atoms with Crippen LogP contribution < -0.4 is 5.56 Å². The van der Waals surface area contributed by atoms with Crippen LogP contribution in [0, 0.1) is 0 Å². The van der Waals surface area contributed by atoms with E-state index in [-0.39, 0.29) is 13.0 Å². The van der Waals surface area contributed by atoms with Gasteiger partial charge < -0.3 is 14.1 Å². The minimum atomic E-state index is -0.149. The number of nitrogens with zero attached hydrogens (tertiary/aromatic N) is 5. The number of nitrogens with one attached hydrogen (secondary N) is 1. The maximum Gasteiger partial charge on any atom is 0.275 e. The third-order valence-corrected chi connectivity index (χ3v) is 6.53. The van der Waals surface area contributed by atoms with E-state index >= 15 is 0 Å². The Morgan fingerprint density at radius 3 is 1.83 bits per heavy atom. The Hall–Kier alpha value is -3.27. The largest absolute Gasteiger partial charge is 0.311 e. The summed E-state index contributed by atoms with van der Waals surface area (Å²) < 4.78 is 5.51. The molecule has 0 spiro atoms. The number of hydrogen-bond acceptors (Lipinski definition) is 4. The number of fused-ring (bicyclic) bond motifs is 2. The topological polar surface area (TPSA) is 81.4 Å². The highest BCUT2D eigenvalue weighted by Crippen LogP contribution is 2.30. The summed E-state index contributed by atoms with van der Waals surface area (Å²) in [4.78, 5) is 26.8. The van der Waals surface area contributed by atoms with E-state index in [1.165, 1.54) is 12.7 Å². The molecule has 35 heavy (non-hydrogen) atoms. The number of aromatic amines is 1. The fourth-order valence-electron chi connectivity index (χ4n) is 3.60. The molecular weight excluding hydrogens is 596 g/mol. The van der Waals surface area contributed by atoms with Crippen molar-refractivity contribution in [2.24, 2.45) is 0 Å². The summed E-state index contributed by atoms with van der Waals surface area (Å²) in [5.74, 6) is 0. The number of rotatable bonds is 2. The SMILES string of the molecule is C.Clc1ncnc2c(Br)cn(-c3ccccc3)c12.O=c1[nH]cnc2c(Br)cn(-c3ccccc3)c12. The van der Waals surface area contributed by atoms with Crippen molar-refractivity contribution in [1.82, 2.24) is 29.1 Å². The van der Waals surface area contributed by atoms with Gasteiger partial charge in [0, 0.05) is 23.8 Å². The molecule has 7 nitrogen and oxygen atoms in total. The Balaban J connectivity index is 0.000000160. The summed E-state index contributed by atoms with van der Waals surface area (Å²) >= 11 is 13.0. The van der Waals surface area contributed by atoms with Crippen LogP contribution in [0.3, 0.4) is 0 Å². The van der Waals surface area contributed by atoms with Gasteiger partial charge >= 0.3 is 0 Å².